The maximum atomic E-state index is 12.8. The lowest BCUT2D eigenvalue weighted by Crippen LogP contribution is -2.30. The van der Waals surface area contributed by atoms with E-state index in [1.54, 1.807) is 0 Å². The van der Waals surface area contributed by atoms with E-state index in [0.29, 0.717) is 19.3 Å². The Morgan fingerprint density at radius 1 is 0.313 bits per heavy atom. The van der Waals surface area contributed by atoms with Crippen LogP contribution in [0.1, 0.15) is 265 Å². The van der Waals surface area contributed by atoms with Crippen molar-refractivity contribution in [2.45, 2.75) is 271 Å². The van der Waals surface area contributed by atoms with E-state index in [4.69, 9.17) is 14.2 Å². The van der Waals surface area contributed by atoms with Crippen LogP contribution in [0.15, 0.2) is 85.1 Å². The fourth-order valence-electron chi connectivity index (χ4n) is 7.68. The number of carbonyl (C=O) groups excluding carboxylic acids is 3. The molecule has 6 heteroatoms. The number of carbonyl (C=O) groups is 3. The van der Waals surface area contributed by atoms with Crippen molar-refractivity contribution in [2.75, 3.05) is 13.2 Å². The molecule has 0 radical (unpaired) electrons. The van der Waals surface area contributed by atoms with Gasteiger partial charge in [0.25, 0.3) is 0 Å². The van der Waals surface area contributed by atoms with E-state index in [-0.39, 0.29) is 37.5 Å². The SMILES string of the molecule is CCCCC\C=C/C=C\C=C/C=C\CCCCCCCC(=O)OCC(COC(=O)CC/C=C\C/C=C\CCCCCCCC)OC(=O)CCCCCCC/C=C\CCCCCCCCCCC. The molecule has 384 valence electrons. The molecule has 1 unspecified atom stereocenters. The van der Waals surface area contributed by atoms with E-state index in [9.17, 15) is 14.4 Å². The lowest BCUT2D eigenvalue weighted by atomic mass is 10.1. The first-order valence-electron chi connectivity index (χ1n) is 28.1. The molecule has 1 atom stereocenters. The second-order valence-corrected chi connectivity index (χ2v) is 18.6. The van der Waals surface area contributed by atoms with Crippen LogP contribution in [0.2, 0.25) is 0 Å². The lowest BCUT2D eigenvalue weighted by Gasteiger charge is -2.18. The number of ether oxygens (including phenoxy) is 3. The van der Waals surface area contributed by atoms with Crippen LogP contribution in [-0.4, -0.2) is 37.2 Å². The van der Waals surface area contributed by atoms with E-state index in [1.165, 1.54) is 128 Å². The quantitative estimate of drug-likeness (QED) is 0.0199. The molecule has 0 spiro atoms. The average Bonchev–Trinajstić information content (AvgIpc) is 3.33. The van der Waals surface area contributed by atoms with Gasteiger partial charge in [0.05, 0.1) is 0 Å². The van der Waals surface area contributed by atoms with Gasteiger partial charge in [-0.05, 0) is 89.9 Å². The van der Waals surface area contributed by atoms with Gasteiger partial charge in [0.1, 0.15) is 13.2 Å². The van der Waals surface area contributed by atoms with Crippen LogP contribution in [0.25, 0.3) is 0 Å². The first kappa shape index (κ1) is 63.6. The van der Waals surface area contributed by atoms with Gasteiger partial charge in [-0.1, -0.05) is 241 Å². The lowest BCUT2D eigenvalue weighted by molar-refractivity contribution is -0.166. The van der Waals surface area contributed by atoms with Gasteiger partial charge in [-0.2, -0.15) is 0 Å². The summed E-state index contributed by atoms with van der Waals surface area (Å²) < 4.78 is 16.8. The highest BCUT2D eigenvalue weighted by Crippen LogP contribution is 2.14. The average molecular weight is 933 g/mol. The fourth-order valence-corrected chi connectivity index (χ4v) is 7.68. The van der Waals surface area contributed by atoms with Crippen LogP contribution in [0.5, 0.6) is 0 Å². The number of rotatable bonds is 50. The predicted octanol–water partition coefficient (Wildman–Crippen LogP) is 18.8. The second-order valence-electron chi connectivity index (χ2n) is 18.6. The Hall–Kier alpha value is -3.41. The topological polar surface area (TPSA) is 78.9 Å². The molecule has 0 aliphatic rings. The standard InChI is InChI=1S/C61H104O6/c1-4-7-10-13-16-19-22-25-27-29-31-33-36-39-42-45-48-51-54-60(63)66-57-58(56-65-59(62)53-50-47-44-41-38-35-24-21-18-15-12-9-6-3)67-61(64)55-52-49-46-43-40-37-34-32-30-28-26-23-20-17-14-11-8-5-2/h16,19,22,25,27,29,31-35,38,44,47,58H,4-15,17-18,20-21,23-24,26,28,30,36-37,39-43,45-46,48-57H2,1-3H3/b19-16-,25-22-,29-27-,33-31-,34-32-,38-35-,47-44-. The van der Waals surface area contributed by atoms with E-state index < -0.39 is 6.10 Å². The van der Waals surface area contributed by atoms with Crippen molar-refractivity contribution in [1.82, 2.24) is 0 Å². The smallest absolute Gasteiger partial charge is 0.306 e. The number of esters is 3. The molecule has 0 aromatic carbocycles. The predicted molar refractivity (Wildman–Crippen MR) is 288 cm³/mol. The summed E-state index contributed by atoms with van der Waals surface area (Å²) in [6, 6.07) is 0. The Morgan fingerprint density at radius 2 is 0.627 bits per heavy atom. The molecule has 67 heavy (non-hydrogen) atoms. The highest BCUT2D eigenvalue weighted by atomic mass is 16.6. The van der Waals surface area contributed by atoms with Gasteiger partial charge >= 0.3 is 17.9 Å². The molecule has 0 rings (SSSR count). The summed E-state index contributed by atoms with van der Waals surface area (Å²) in [5.74, 6) is -1.00. The number of hydrogen-bond donors (Lipinski definition) is 0. The Bertz CT molecular complexity index is 1300. The van der Waals surface area contributed by atoms with Crippen molar-refractivity contribution in [3.8, 4) is 0 Å². The molecule has 0 saturated carbocycles. The molecule has 0 N–H and O–H groups in total. The van der Waals surface area contributed by atoms with Gasteiger partial charge in [-0.25, -0.2) is 0 Å². The van der Waals surface area contributed by atoms with Gasteiger partial charge in [0.15, 0.2) is 6.10 Å². The van der Waals surface area contributed by atoms with E-state index in [2.05, 4.69) is 99.8 Å². The minimum absolute atomic E-state index is 0.109. The summed E-state index contributed by atoms with van der Waals surface area (Å²) in [7, 11) is 0. The van der Waals surface area contributed by atoms with Crippen molar-refractivity contribution >= 4 is 17.9 Å². The third-order valence-electron chi connectivity index (χ3n) is 11.9. The Labute approximate surface area is 414 Å². The molecule has 0 fully saturated rings. The second kappa shape index (κ2) is 55.2. The van der Waals surface area contributed by atoms with E-state index in [0.717, 1.165) is 89.9 Å². The molecular formula is C61H104O6. The maximum Gasteiger partial charge on any atom is 0.306 e. The maximum absolute atomic E-state index is 12.8. The van der Waals surface area contributed by atoms with Crippen molar-refractivity contribution in [3.63, 3.8) is 0 Å². The molecule has 0 amide bonds. The van der Waals surface area contributed by atoms with Crippen LogP contribution >= 0.6 is 0 Å². The van der Waals surface area contributed by atoms with Gasteiger partial charge in [-0.15, -0.1) is 0 Å². The molecule has 0 saturated heterocycles. The van der Waals surface area contributed by atoms with Crippen molar-refractivity contribution in [2.24, 2.45) is 0 Å². The summed E-state index contributed by atoms with van der Waals surface area (Å²) >= 11 is 0. The van der Waals surface area contributed by atoms with Crippen molar-refractivity contribution in [1.29, 1.82) is 0 Å². The summed E-state index contributed by atoms with van der Waals surface area (Å²) in [6.45, 7) is 6.52. The van der Waals surface area contributed by atoms with Crippen LogP contribution in [-0.2, 0) is 28.6 Å². The minimum atomic E-state index is -0.814. The minimum Gasteiger partial charge on any atom is -0.462 e. The fraction of sp³-hybridized carbons (Fsp3) is 0.721. The Balaban J connectivity index is 4.49. The van der Waals surface area contributed by atoms with Gasteiger partial charge in [0.2, 0.25) is 0 Å². The van der Waals surface area contributed by atoms with Crippen LogP contribution in [0.3, 0.4) is 0 Å². The number of allylic oxidation sites excluding steroid dienone is 14. The summed E-state index contributed by atoms with van der Waals surface area (Å²) in [6.07, 6.45) is 71.5. The molecule has 6 nitrogen and oxygen atoms in total. The summed E-state index contributed by atoms with van der Waals surface area (Å²) in [5, 5.41) is 0. The number of hydrogen-bond acceptors (Lipinski definition) is 6. The molecule has 0 aliphatic carbocycles. The molecule has 0 aromatic heterocycles. The van der Waals surface area contributed by atoms with E-state index in [1.807, 2.05) is 6.08 Å². The Morgan fingerprint density at radius 3 is 1.09 bits per heavy atom. The third-order valence-corrected chi connectivity index (χ3v) is 11.9. The highest BCUT2D eigenvalue weighted by Gasteiger charge is 2.19. The molecule has 0 aromatic rings. The number of unbranched alkanes of at least 4 members (excludes halogenated alkanes) is 28. The largest absolute Gasteiger partial charge is 0.462 e. The molecule has 0 aliphatic heterocycles. The molecule has 0 bridgehead atoms. The zero-order valence-electron chi connectivity index (χ0n) is 43.9. The summed E-state index contributed by atoms with van der Waals surface area (Å²) in [4.78, 5) is 38.1. The summed E-state index contributed by atoms with van der Waals surface area (Å²) in [5.41, 5.74) is 0. The third kappa shape index (κ3) is 53.4. The van der Waals surface area contributed by atoms with Crippen LogP contribution in [0, 0.1) is 0 Å². The van der Waals surface area contributed by atoms with Gasteiger partial charge in [-0.3, -0.25) is 14.4 Å². The van der Waals surface area contributed by atoms with Crippen LogP contribution in [0.4, 0.5) is 0 Å². The van der Waals surface area contributed by atoms with Gasteiger partial charge in [0, 0.05) is 19.3 Å². The van der Waals surface area contributed by atoms with Gasteiger partial charge < -0.3 is 14.2 Å². The monoisotopic (exact) mass is 933 g/mol. The zero-order valence-corrected chi connectivity index (χ0v) is 43.9. The van der Waals surface area contributed by atoms with E-state index >= 15 is 0 Å². The first-order chi connectivity index (χ1) is 33.0. The molecular weight excluding hydrogens is 829 g/mol. The normalized spacial score (nSPS) is 12.7. The highest BCUT2D eigenvalue weighted by molar-refractivity contribution is 5.71. The Kier molecular flexibility index (Phi) is 52.4. The van der Waals surface area contributed by atoms with Crippen molar-refractivity contribution < 1.29 is 28.6 Å². The van der Waals surface area contributed by atoms with Crippen LogP contribution < -0.4 is 0 Å². The zero-order chi connectivity index (χ0) is 48.6. The molecule has 0 heterocycles. The van der Waals surface area contributed by atoms with Crippen molar-refractivity contribution in [3.05, 3.63) is 85.1 Å². The first-order valence-corrected chi connectivity index (χ1v) is 28.1.